The van der Waals surface area contributed by atoms with Gasteiger partial charge in [0.05, 0.1) is 30.7 Å². The number of rotatable bonds is 6. The molecule has 31 heavy (non-hydrogen) atoms. The second kappa shape index (κ2) is 8.23. The third-order valence-corrected chi connectivity index (χ3v) is 5.91. The number of benzene rings is 1. The lowest BCUT2D eigenvalue weighted by molar-refractivity contribution is -0.117. The van der Waals surface area contributed by atoms with Crippen LogP contribution in [0.15, 0.2) is 65.2 Å². The van der Waals surface area contributed by atoms with Gasteiger partial charge >= 0.3 is 0 Å². The van der Waals surface area contributed by atoms with Crippen molar-refractivity contribution in [2.24, 2.45) is 0 Å². The van der Waals surface area contributed by atoms with Gasteiger partial charge in [-0.3, -0.25) is 14.5 Å². The van der Waals surface area contributed by atoms with Crippen LogP contribution < -0.4 is 14.4 Å². The smallest absolute Gasteiger partial charge is 0.295 e. The largest absolute Gasteiger partial charge is 0.503 e. The minimum absolute atomic E-state index is 0.00276. The van der Waals surface area contributed by atoms with E-state index >= 15 is 0 Å². The number of methoxy groups -OCH3 is 2. The first-order chi connectivity index (χ1) is 15.0. The van der Waals surface area contributed by atoms with Crippen molar-refractivity contribution in [3.63, 3.8) is 0 Å². The van der Waals surface area contributed by atoms with Gasteiger partial charge in [-0.15, -0.1) is 11.3 Å². The average Bonchev–Trinajstić information content (AvgIpc) is 3.40. The van der Waals surface area contributed by atoms with Gasteiger partial charge in [-0.25, -0.2) is 4.98 Å². The van der Waals surface area contributed by atoms with E-state index in [0.717, 1.165) is 0 Å². The fourth-order valence-corrected chi connectivity index (χ4v) is 4.29. The van der Waals surface area contributed by atoms with Gasteiger partial charge < -0.3 is 14.6 Å². The molecule has 0 bridgehead atoms. The quantitative estimate of drug-likeness (QED) is 0.581. The molecule has 158 valence electrons. The fraction of sp³-hybridized carbons (Fsp3) is 0.174. The molecule has 3 heterocycles. The summed E-state index contributed by atoms with van der Waals surface area (Å²) in [6, 6.07) is 12.9. The Hall–Kier alpha value is -3.65. The molecule has 1 atom stereocenters. The molecule has 0 saturated carbocycles. The zero-order valence-electron chi connectivity index (χ0n) is 17.2. The van der Waals surface area contributed by atoms with Crippen LogP contribution in [0.5, 0.6) is 11.5 Å². The van der Waals surface area contributed by atoms with Crippen molar-refractivity contribution < 1.29 is 24.2 Å². The summed E-state index contributed by atoms with van der Waals surface area (Å²) in [6.07, 6.45) is 0. The van der Waals surface area contributed by atoms with Gasteiger partial charge in [0, 0.05) is 5.69 Å². The number of pyridine rings is 1. The number of aliphatic hydroxyl groups excluding tert-OH is 1. The number of hydrogen-bond donors (Lipinski definition) is 1. The topological polar surface area (TPSA) is 89.0 Å². The van der Waals surface area contributed by atoms with Gasteiger partial charge in [0.25, 0.3) is 5.91 Å². The van der Waals surface area contributed by atoms with Crippen molar-refractivity contribution in [3.05, 3.63) is 81.4 Å². The maximum atomic E-state index is 13.3. The number of aromatic nitrogens is 1. The van der Waals surface area contributed by atoms with E-state index < -0.39 is 23.5 Å². The molecule has 4 rings (SSSR count). The Bertz CT molecular complexity index is 1190. The van der Waals surface area contributed by atoms with E-state index in [1.54, 1.807) is 60.8 Å². The monoisotopic (exact) mass is 436 g/mol. The highest BCUT2D eigenvalue weighted by molar-refractivity contribution is 7.12. The maximum absolute atomic E-state index is 13.3. The summed E-state index contributed by atoms with van der Waals surface area (Å²) in [7, 11) is 3.03. The average molecular weight is 436 g/mol. The van der Waals surface area contributed by atoms with Crippen LogP contribution in [0.4, 0.5) is 5.82 Å². The van der Waals surface area contributed by atoms with Gasteiger partial charge in [-0.2, -0.15) is 0 Å². The van der Waals surface area contributed by atoms with Crippen LogP contribution in [0.1, 0.15) is 27.0 Å². The molecule has 0 saturated heterocycles. The summed E-state index contributed by atoms with van der Waals surface area (Å²) < 4.78 is 10.7. The fourth-order valence-electron chi connectivity index (χ4n) is 3.62. The van der Waals surface area contributed by atoms with Crippen LogP contribution in [0.25, 0.3) is 0 Å². The summed E-state index contributed by atoms with van der Waals surface area (Å²) in [5, 5.41) is 12.5. The number of nitrogens with zero attached hydrogens (tertiary/aromatic N) is 2. The molecule has 0 fully saturated rings. The van der Waals surface area contributed by atoms with Gasteiger partial charge in [0.1, 0.15) is 5.82 Å². The van der Waals surface area contributed by atoms with Gasteiger partial charge in [0.2, 0.25) is 5.78 Å². The van der Waals surface area contributed by atoms with E-state index in [4.69, 9.17) is 9.47 Å². The second-order valence-corrected chi connectivity index (χ2v) is 7.85. The number of amides is 1. The minimum Gasteiger partial charge on any atom is -0.503 e. The summed E-state index contributed by atoms with van der Waals surface area (Å²) in [5.41, 5.74) is 1.29. The van der Waals surface area contributed by atoms with Gasteiger partial charge in [0.15, 0.2) is 17.3 Å². The van der Waals surface area contributed by atoms with Crippen molar-refractivity contribution >= 4 is 28.8 Å². The predicted molar refractivity (Wildman–Crippen MR) is 117 cm³/mol. The Morgan fingerprint density at radius 3 is 2.52 bits per heavy atom. The number of Topliss-reactive ketones (excluding diaryl/α,β-unsaturated/α-hetero) is 1. The number of ether oxygens (including phenoxy) is 2. The zero-order chi connectivity index (χ0) is 22.1. The molecule has 3 aromatic rings. The normalized spacial score (nSPS) is 16.0. The van der Waals surface area contributed by atoms with Gasteiger partial charge in [-0.1, -0.05) is 18.2 Å². The Kier molecular flexibility index (Phi) is 5.48. The zero-order valence-corrected chi connectivity index (χ0v) is 18.0. The van der Waals surface area contributed by atoms with E-state index in [-0.39, 0.29) is 5.57 Å². The number of hydrogen-bond acceptors (Lipinski definition) is 7. The maximum Gasteiger partial charge on any atom is 0.295 e. The molecule has 0 unspecified atom stereocenters. The lowest BCUT2D eigenvalue weighted by Gasteiger charge is -2.26. The minimum atomic E-state index is -0.879. The SMILES string of the molecule is COc1ccc([C@H]2C(C(=O)c3cccs3)=C(O)C(=O)N2c2cccc(C)n2)cc1OC. The molecule has 8 heteroatoms. The highest BCUT2D eigenvalue weighted by Crippen LogP contribution is 2.43. The van der Waals surface area contributed by atoms with E-state index in [1.165, 1.54) is 30.5 Å². The van der Waals surface area contributed by atoms with Crippen molar-refractivity contribution in [1.82, 2.24) is 4.98 Å². The summed E-state index contributed by atoms with van der Waals surface area (Å²) in [5.74, 6) is -0.380. The Labute approximate surface area is 183 Å². The molecule has 1 amide bonds. The van der Waals surface area contributed by atoms with Crippen LogP contribution in [-0.4, -0.2) is 36.0 Å². The Balaban J connectivity index is 1.91. The number of carbonyl (C=O) groups excluding carboxylic acids is 2. The number of ketones is 1. The summed E-state index contributed by atoms with van der Waals surface area (Å²) in [4.78, 5) is 32.7. The number of carbonyl (C=O) groups is 2. The molecule has 1 aliphatic rings. The number of aryl methyl sites for hydroxylation is 1. The molecule has 7 nitrogen and oxygen atoms in total. The lowest BCUT2D eigenvalue weighted by Crippen LogP contribution is -2.31. The van der Waals surface area contributed by atoms with E-state index in [1.807, 2.05) is 0 Å². The molecule has 0 aliphatic carbocycles. The van der Waals surface area contributed by atoms with Crippen LogP contribution in [0, 0.1) is 6.92 Å². The molecule has 1 N–H and O–H groups in total. The molecular formula is C23H20N2O5S. The number of anilines is 1. The summed E-state index contributed by atoms with van der Waals surface area (Å²) in [6.45, 7) is 1.81. The molecular weight excluding hydrogens is 416 g/mol. The van der Waals surface area contributed by atoms with E-state index in [2.05, 4.69) is 4.98 Å². The van der Waals surface area contributed by atoms with Gasteiger partial charge in [-0.05, 0) is 48.2 Å². The van der Waals surface area contributed by atoms with Crippen molar-refractivity contribution in [2.45, 2.75) is 13.0 Å². The third kappa shape index (κ3) is 3.55. The molecule has 2 aromatic heterocycles. The van der Waals surface area contributed by atoms with E-state index in [9.17, 15) is 14.7 Å². The number of thiophene rings is 1. The molecule has 1 aliphatic heterocycles. The first-order valence-electron chi connectivity index (χ1n) is 9.46. The Morgan fingerprint density at radius 1 is 1.10 bits per heavy atom. The first-order valence-corrected chi connectivity index (χ1v) is 10.3. The standard InChI is InChI=1S/C23H20N2O5S/c1-13-6-4-8-18(24-13)25-20(14-9-10-15(29-2)16(12-14)30-3)19(22(27)23(25)28)21(26)17-7-5-11-31-17/h4-12,20,27H,1-3H3/t20-/m0/s1. The summed E-state index contributed by atoms with van der Waals surface area (Å²) >= 11 is 1.25. The van der Waals surface area contributed by atoms with Crippen molar-refractivity contribution in [2.75, 3.05) is 19.1 Å². The van der Waals surface area contributed by atoms with Crippen molar-refractivity contribution in [1.29, 1.82) is 0 Å². The Morgan fingerprint density at radius 2 is 1.87 bits per heavy atom. The third-order valence-electron chi connectivity index (χ3n) is 5.04. The lowest BCUT2D eigenvalue weighted by atomic mass is 9.95. The second-order valence-electron chi connectivity index (χ2n) is 6.90. The predicted octanol–water partition coefficient (Wildman–Crippen LogP) is 4.25. The molecule has 1 aromatic carbocycles. The highest BCUT2D eigenvalue weighted by Gasteiger charge is 2.45. The number of aliphatic hydroxyl groups is 1. The molecule has 0 radical (unpaired) electrons. The molecule has 0 spiro atoms. The van der Waals surface area contributed by atoms with Crippen LogP contribution >= 0.6 is 11.3 Å². The van der Waals surface area contributed by atoms with Crippen LogP contribution in [-0.2, 0) is 4.79 Å². The first kappa shape index (κ1) is 20.6. The van der Waals surface area contributed by atoms with Crippen molar-refractivity contribution in [3.8, 4) is 11.5 Å². The van der Waals surface area contributed by atoms with E-state index in [0.29, 0.717) is 33.5 Å². The highest BCUT2D eigenvalue weighted by atomic mass is 32.1. The van der Waals surface area contributed by atoms with Crippen LogP contribution in [0.3, 0.4) is 0 Å². The van der Waals surface area contributed by atoms with Crippen LogP contribution in [0.2, 0.25) is 0 Å².